The van der Waals surface area contributed by atoms with Gasteiger partial charge in [0, 0.05) is 43.2 Å². The Morgan fingerprint density at radius 1 is 0.816 bits per heavy atom. The number of hydrogen-bond donors (Lipinski definition) is 0. The van der Waals surface area contributed by atoms with Gasteiger partial charge in [0.25, 0.3) is 0 Å². The van der Waals surface area contributed by atoms with Crippen LogP contribution >= 0.6 is 11.6 Å². The summed E-state index contributed by atoms with van der Waals surface area (Å²) in [5, 5.41) is 0.568. The molecule has 206 valence electrons. The summed E-state index contributed by atoms with van der Waals surface area (Å²) in [4.78, 5) is 31.7. The van der Waals surface area contributed by atoms with Crippen LogP contribution in [0, 0.1) is 0 Å². The molecule has 0 radical (unpaired) electrons. The smallest absolute Gasteiger partial charge is 0.419 e. The van der Waals surface area contributed by atoms with Gasteiger partial charge in [-0.25, -0.2) is 14.5 Å². The molecule has 0 N–H and O–H groups in total. The maximum Gasteiger partial charge on any atom is 0.419 e. The Labute approximate surface area is 231 Å². The molecule has 2 aromatic rings. The molecule has 0 aromatic heterocycles. The van der Waals surface area contributed by atoms with E-state index in [1.807, 2.05) is 65.8 Å². The molecule has 7 nitrogen and oxygen atoms in total. The van der Waals surface area contributed by atoms with Gasteiger partial charge in [-0.3, -0.25) is 4.90 Å². The zero-order valence-corrected chi connectivity index (χ0v) is 24.6. The van der Waals surface area contributed by atoms with Crippen LogP contribution in [-0.2, 0) is 21.4 Å². The average molecular weight is 542 g/mol. The Bertz CT molecular complexity index is 1220. The third-order valence-corrected chi connectivity index (χ3v) is 7.09. The van der Waals surface area contributed by atoms with E-state index in [0.29, 0.717) is 18.1 Å². The van der Waals surface area contributed by atoms with Crippen molar-refractivity contribution in [3.63, 3.8) is 0 Å². The van der Waals surface area contributed by atoms with Crippen molar-refractivity contribution in [3.8, 4) is 0 Å². The molecule has 4 rings (SSSR count). The van der Waals surface area contributed by atoms with E-state index < -0.39 is 17.3 Å². The normalized spacial score (nSPS) is 17.5. The number of piperazine rings is 1. The second kappa shape index (κ2) is 10.1. The Morgan fingerprint density at radius 2 is 1.42 bits per heavy atom. The standard InChI is InChI=1S/C30H40ClN3O4/c1-28(2,3)37-26(35)33-15-13-32(14-16-33)19-20-9-12-24-23(17-20)30(7,8)22-11-10-21(31)18-25(22)34(24)27(36)38-29(4,5)6/h9-12,17-18H,13-16,19H2,1-8H3. The van der Waals surface area contributed by atoms with Gasteiger partial charge in [0.15, 0.2) is 0 Å². The van der Waals surface area contributed by atoms with E-state index >= 15 is 0 Å². The number of rotatable bonds is 2. The molecule has 1 saturated heterocycles. The van der Waals surface area contributed by atoms with E-state index in [0.717, 1.165) is 47.7 Å². The third-order valence-electron chi connectivity index (χ3n) is 6.86. The van der Waals surface area contributed by atoms with E-state index in [1.54, 1.807) is 9.80 Å². The quantitative estimate of drug-likeness (QED) is 0.405. The highest BCUT2D eigenvalue weighted by atomic mass is 35.5. The number of carbonyl (C=O) groups is 2. The number of halogens is 1. The molecular formula is C30H40ClN3O4. The van der Waals surface area contributed by atoms with Crippen LogP contribution in [0.2, 0.25) is 5.02 Å². The SMILES string of the molecule is CC(C)(C)OC(=O)N1CCN(Cc2ccc3c(c2)C(C)(C)c2ccc(Cl)cc2N3C(=O)OC(C)(C)C)CC1. The molecule has 0 aliphatic carbocycles. The molecule has 2 amide bonds. The predicted octanol–water partition coefficient (Wildman–Crippen LogP) is 7.11. The fourth-order valence-corrected chi connectivity index (χ4v) is 5.21. The number of ether oxygens (including phenoxy) is 2. The lowest BCUT2D eigenvalue weighted by Gasteiger charge is -2.41. The number of carbonyl (C=O) groups excluding carboxylic acids is 2. The van der Waals surface area contributed by atoms with Gasteiger partial charge >= 0.3 is 12.2 Å². The summed E-state index contributed by atoms with van der Waals surface area (Å²) >= 11 is 6.38. The summed E-state index contributed by atoms with van der Waals surface area (Å²) in [6.07, 6.45) is -0.683. The first-order valence-corrected chi connectivity index (χ1v) is 13.6. The number of benzene rings is 2. The van der Waals surface area contributed by atoms with E-state index in [2.05, 4.69) is 30.9 Å². The van der Waals surface area contributed by atoms with Crippen LogP contribution in [0.25, 0.3) is 0 Å². The zero-order chi connectivity index (χ0) is 28.0. The second-order valence-corrected chi connectivity index (χ2v) is 13.1. The molecule has 2 aliphatic heterocycles. The molecule has 2 aliphatic rings. The predicted molar refractivity (Wildman–Crippen MR) is 151 cm³/mol. The monoisotopic (exact) mass is 541 g/mol. The summed E-state index contributed by atoms with van der Waals surface area (Å²) in [7, 11) is 0. The molecular weight excluding hydrogens is 502 g/mol. The number of anilines is 2. The van der Waals surface area contributed by atoms with Crippen molar-refractivity contribution in [2.24, 2.45) is 0 Å². The lowest BCUT2D eigenvalue weighted by molar-refractivity contribution is 0.0138. The first-order chi connectivity index (χ1) is 17.5. The Morgan fingerprint density at radius 3 is 2.03 bits per heavy atom. The molecule has 2 aromatic carbocycles. The molecule has 0 saturated carbocycles. The van der Waals surface area contributed by atoms with Gasteiger partial charge in [-0.2, -0.15) is 0 Å². The van der Waals surface area contributed by atoms with Crippen LogP contribution < -0.4 is 4.90 Å². The van der Waals surface area contributed by atoms with E-state index in [-0.39, 0.29) is 11.5 Å². The lowest BCUT2D eigenvalue weighted by atomic mass is 9.73. The van der Waals surface area contributed by atoms with Crippen molar-refractivity contribution in [2.45, 2.75) is 78.6 Å². The first kappa shape index (κ1) is 28.2. The Balaban J connectivity index is 1.59. The van der Waals surface area contributed by atoms with Crippen LogP contribution in [0.1, 0.15) is 72.1 Å². The topological polar surface area (TPSA) is 62.3 Å². The minimum absolute atomic E-state index is 0.256. The van der Waals surface area contributed by atoms with Crippen molar-refractivity contribution >= 4 is 35.2 Å². The lowest BCUT2D eigenvalue weighted by Crippen LogP contribution is -2.49. The largest absolute Gasteiger partial charge is 0.444 e. The van der Waals surface area contributed by atoms with Gasteiger partial charge in [0.05, 0.1) is 11.4 Å². The summed E-state index contributed by atoms with van der Waals surface area (Å²) in [6, 6.07) is 12.0. The van der Waals surface area contributed by atoms with Gasteiger partial charge in [0.2, 0.25) is 0 Å². The van der Waals surface area contributed by atoms with Crippen molar-refractivity contribution in [1.29, 1.82) is 0 Å². The van der Waals surface area contributed by atoms with Crippen LogP contribution in [0.5, 0.6) is 0 Å². The molecule has 1 fully saturated rings. The highest BCUT2D eigenvalue weighted by molar-refractivity contribution is 6.31. The van der Waals surface area contributed by atoms with Gasteiger partial charge in [-0.1, -0.05) is 43.6 Å². The highest BCUT2D eigenvalue weighted by Gasteiger charge is 2.40. The number of hydrogen-bond acceptors (Lipinski definition) is 5. The molecule has 0 bridgehead atoms. The van der Waals surface area contributed by atoms with E-state index in [1.165, 1.54) is 0 Å². The van der Waals surface area contributed by atoms with Gasteiger partial charge in [0.1, 0.15) is 11.2 Å². The van der Waals surface area contributed by atoms with Crippen LogP contribution in [0.3, 0.4) is 0 Å². The molecule has 0 spiro atoms. The summed E-state index contributed by atoms with van der Waals surface area (Å²) in [6.45, 7) is 19.2. The maximum absolute atomic E-state index is 13.4. The van der Waals surface area contributed by atoms with Crippen LogP contribution in [0.4, 0.5) is 21.0 Å². The minimum Gasteiger partial charge on any atom is -0.444 e. The van der Waals surface area contributed by atoms with Gasteiger partial charge in [-0.05, 0) is 76.4 Å². The number of nitrogens with zero attached hydrogens (tertiary/aromatic N) is 3. The van der Waals surface area contributed by atoms with Crippen molar-refractivity contribution < 1.29 is 19.1 Å². The summed E-state index contributed by atoms with van der Waals surface area (Å²) in [5.41, 5.74) is 3.30. The maximum atomic E-state index is 13.4. The fraction of sp³-hybridized carbons (Fsp3) is 0.533. The van der Waals surface area contributed by atoms with Crippen LogP contribution in [0.15, 0.2) is 36.4 Å². The molecule has 8 heteroatoms. The summed E-state index contributed by atoms with van der Waals surface area (Å²) in [5.74, 6) is 0. The second-order valence-electron chi connectivity index (χ2n) is 12.7. The Kier molecular flexibility index (Phi) is 7.49. The van der Waals surface area contributed by atoms with Gasteiger partial charge < -0.3 is 14.4 Å². The number of fused-ring (bicyclic) bond motifs is 2. The molecule has 38 heavy (non-hydrogen) atoms. The minimum atomic E-state index is -0.635. The zero-order valence-electron chi connectivity index (χ0n) is 23.9. The van der Waals surface area contributed by atoms with E-state index in [4.69, 9.17) is 21.1 Å². The molecule has 0 atom stereocenters. The molecule has 2 heterocycles. The summed E-state index contributed by atoms with van der Waals surface area (Å²) < 4.78 is 11.3. The van der Waals surface area contributed by atoms with E-state index in [9.17, 15) is 9.59 Å². The van der Waals surface area contributed by atoms with Gasteiger partial charge in [-0.15, -0.1) is 0 Å². The first-order valence-electron chi connectivity index (χ1n) is 13.2. The average Bonchev–Trinajstić information content (AvgIpc) is 2.77. The fourth-order valence-electron chi connectivity index (χ4n) is 5.05. The Hall–Kier alpha value is -2.77. The third kappa shape index (κ3) is 6.10. The molecule has 0 unspecified atom stereocenters. The highest BCUT2D eigenvalue weighted by Crippen LogP contribution is 2.50. The number of amides is 2. The van der Waals surface area contributed by atoms with Crippen molar-refractivity contribution in [3.05, 3.63) is 58.1 Å². The van der Waals surface area contributed by atoms with Crippen LogP contribution in [-0.4, -0.2) is 59.4 Å². The van der Waals surface area contributed by atoms with Crippen molar-refractivity contribution in [1.82, 2.24) is 9.80 Å². The van der Waals surface area contributed by atoms with Crippen molar-refractivity contribution in [2.75, 3.05) is 31.1 Å².